The van der Waals surface area contributed by atoms with E-state index in [9.17, 15) is 9.18 Å². The minimum Gasteiger partial charge on any atom is -0.464 e. The summed E-state index contributed by atoms with van der Waals surface area (Å²) >= 11 is 0. The van der Waals surface area contributed by atoms with Gasteiger partial charge in [0.15, 0.2) is 0 Å². The number of fused-ring (bicyclic) bond motifs is 2. The summed E-state index contributed by atoms with van der Waals surface area (Å²) in [6.07, 6.45) is 1.64. The highest BCUT2D eigenvalue weighted by Crippen LogP contribution is 2.36. The van der Waals surface area contributed by atoms with E-state index in [2.05, 4.69) is 0 Å². The quantitative estimate of drug-likeness (QED) is 0.364. The maximum Gasteiger partial charge on any atom is 0.336 e. The van der Waals surface area contributed by atoms with Gasteiger partial charge in [-0.25, -0.2) is 9.18 Å². The van der Waals surface area contributed by atoms with E-state index < -0.39 is 5.63 Å². The van der Waals surface area contributed by atoms with Crippen LogP contribution in [-0.4, -0.2) is 0 Å². The van der Waals surface area contributed by atoms with Crippen LogP contribution < -0.4 is 5.63 Å². The van der Waals surface area contributed by atoms with Gasteiger partial charge in [0, 0.05) is 28.5 Å². The molecule has 0 spiro atoms. The van der Waals surface area contributed by atoms with Crippen LogP contribution >= 0.6 is 0 Å². The molecule has 0 aliphatic carbocycles. The first-order chi connectivity index (χ1) is 13.2. The number of hydrogen-bond acceptors (Lipinski definition) is 3. The number of furan rings is 1. The van der Waals surface area contributed by atoms with E-state index in [1.807, 2.05) is 36.4 Å². The molecule has 130 valence electrons. The fourth-order valence-corrected chi connectivity index (χ4v) is 3.39. The molecular formula is C23H13FO3. The van der Waals surface area contributed by atoms with Gasteiger partial charge in [-0.2, -0.15) is 0 Å². The molecule has 0 saturated carbocycles. The first-order valence-electron chi connectivity index (χ1n) is 8.49. The average molecular weight is 356 g/mol. The van der Waals surface area contributed by atoms with Crippen LogP contribution in [0.4, 0.5) is 4.39 Å². The van der Waals surface area contributed by atoms with Crippen molar-refractivity contribution in [2.75, 3.05) is 0 Å². The van der Waals surface area contributed by atoms with Crippen LogP contribution in [0.3, 0.4) is 0 Å². The predicted octanol–water partition coefficient (Wildman–Crippen LogP) is 6.01. The molecule has 0 unspecified atom stereocenters. The summed E-state index contributed by atoms with van der Waals surface area (Å²) in [5.74, 6) is -0.287. The van der Waals surface area contributed by atoms with Gasteiger partial charge in [-0.05, 0) is 34.9 Å². The first kappa shape index (κ1) is 15.6. The molecule has 2 aromatic heterocycles. The van der Waals surface area contributed by atoms with Gasteiger partial charge in [0.25, 0.3) is 0 Å². The summed E-state index contributed by atoms with van der Waals surface area (Å²) in [6.45, 7) is 0. The molecule has 0 N–H and O–H groups in total. The topological polar surface area (TPSA) is 43.4 Å². The van der Waals surface area contributed by atoms with Crippen molar-refractivity contribution in [1.82, 2.24) is 0 Å². The molecule has 5 aromatic rings. The van der Waals surface area contributed by atoms with Gasteiger partial charge in [0.1, 0.15) is 17.0 Å². The van der Waals surface area contributed by atoms with Crippen LogP contribution in [0.25, 0.3) is 44.2 Å². The van der Waals surface area contributed by atoms with Crippen LogP contribution in [0, 0.1) is 5.82 Å². The summed E-state index contributed by atoms with van der Waals surface area (Å²) in [4.78, 5) is 12.0. The lowest BCUT2D eigenvalue weighted by Crippen LogP contribution is -1.98. The third kappa shape index (κ3) is 2.62. The maximum atomic E-state index is 13.3. The average Bonchev–Trinajstić information content (AvgIpc) is 3.10. The second-order valence-corrected chi connectivity index (χ2v) is 6.35. The molecule has 0 bridgehead atoms. The van der Waals surface area contributed by atoms with Crippen molar-refractivity contribution < 1.29 is 13.2 Å². The standard InChI is InChI=1S/C23H13FO3/c24-16-8-6-15(7-9-16)20-13-26-21-12-22-18(10-19(20)21)17(11-23(25)27-22)14-4-2-1-3-5-14/h1-13H. The van der Waals surface area contributed by atoms with Gasteiger partial charge in [0.2, 0.25) is 0 Å². The van der Waals surface area contributed by atoms with E-state index >= 15 is 0 Å². The molecule has 5 rings (SSSR count). The van der Waals surface area contributed by atoms with E-state index in [-0.39, 0.29) is 5.82 Å². The Morgan fingerprint density at radius 3 is 2.19 bits per heavy atom. The van der Waals surface area contributed by atoms with Crippen LogP contribution in [0.2, 0.25) is 0 Å². The second kappa shape index (κ2) is 5.95. The summed E-state index contributed by atoms with van der Waals surface area (Å²) in [6, 6.07) is 21.1. The Morgan fingerprint density at radius 1 is 0.704 bits per heavy atom. The zero-order valence-corrected chi connectivity index (χ0v) is 14.1. The predicted molar refractivity (Wildman–Crippen MR) is 103 cm³/mol. The Bertz CT molecular complexity index is 1330. The molecule has 0 amide bonds. The normalized spacial score (nSPS) is 11.3. The fourth-order valence-electron chi connectivity index (χ4n) is 3.39. The molecule has 0 aliphatic heterocycles. The zero-order valence-electron chi connectivity index (χ0n) is 14.1. The Kier molecular flexibility index (Phi) is 3.44. The van der Waals surface area contributed by atoms with Crippen molar-refractivity contribution in [3.8, 4) is 22.3 Å². The highest BCUT2D eigenvalue weighted by atomic mass is 19.1. The van der Waals surface area contributed by atoms with Crippen LogP contribution in [0.1, 0.15) is 0 Å². The molecule has 0 aliphatic rings. The monoisotopic (exact) mass is 356 g/mol. The molecule has 3 aromatic carbocycles. The number of benzene rings is 3. The van der Waals surface area contributed by atoms with Crippen molar-refractivity contribution in [1.29, 1.82) is 0 Å². The van der Waals surface area contributed by atoms with E-state index in [0.29, 0.717) is 11.2 Å². The summed E-state index contributed by atoms with van der Waals surface area (Å²) in [5, 5.41) is 1.69. The maximum absolute atomic E-state index is 13.3. The van der Waals surface area contributed by atoms with E-state index in [1.165, 1.54) is 18.2 Å². The minimum atomic E-state index is -0.411. The number of halogens is 1. The van der Waals surface area contributed by atoms with E-state index in [1.54, 1.807) is 24.5 Å². The van der Waals surface area contributed by atoms with Crippen LogP contribution in [-0.2, 0) is 0 Å². The Balaban J connectivity index is 1.82. The lowest BCUT2D eigenvalue weighted by Gasteiger charge is -2.06. The molecule has 2 heterocycles. The summed E-state index contributed by atoms with van der Waals surface area (Å²) < 4.78 is 24.3. The van der Waals surface area contributed by atoms with Gasteiger partial charge in [-0.1, -0.05) is 42.5 Å². The molecule has 0 saturated heterocycles. The van der Waals surface area contributed by atoms with Crippen molar-refractivity contribution >= 4 is 21.9 Å². The van der Waals surface area contributed by atoms with Gasteiger partial charge in [-0.15, -0.1) is 0 Å². The first-order valence-corrected chi connectivity index (χ1v) is 8.49. The highest BCUT2D eigenvalue weighted by Gasteiger charge is 2.14. The molecule has 27 heavy (non-hydrogen) atoms. The van der Waals surface area contributed by atoms with Crippen LogP contribution in [0.15, 0.2) is 92.7 Å². The minimum absolute atomic E-state index is 0.287. The number of rotatable bonds is 2. The second-order valence-electron chi connectivity index (χ2n) is 6.35. The van der Waals surface area contributed by atoms with Crippen molar-refractivity contribution in [2.45, 2.75) is 0 Å². The van der Waals surface area contributed by atoms with E-state index in [4.69, 9.17) is 8.83 Å². The third-order valence-electron chi connectivity index (χ3n) is 4.68. The smallest absolute Gasteiger partial charge is 0.336 e. The largest absolute Gasteiger partial charge is 0.464 e. The molecular weight excluding hydrogens is 343 g/mol. The van der Waals surface area contributed by atoms with Crippen LogP contribution in [0.5, 0.6) is 0 Å². The van der Waals surface area contributed by atoms with Crippen molar-refractivity contribution in [2.24, 2.45) is 0 Å². The fraction of sp³-hybridized carbons (Fsp3) is 0. The van der Waals surface area contributed by atoms with Gasteiger partial charge < -0.3 is 8.83 Å². The molecule has 0 fully saturated rings. The zero-order chi connectivity index (χ0) is 18.4. The Labute approximate surface area is 153 Å². The highest BCUT2D eigenvalue weighted by molar-refractivity contribution is 6.05. The SMILES string of the molecule is O=c1cc(-c2ccccc2)c2cc3c(-c4ccc(F)cc4)coc3cc2o1. The third-order valence-corrected chi connectivity index (χ3v) is 4.68. The Morgan fingerprint density at radius 2 is 1.41 bits per heavy atom. The van der Waals surface area contributed by atoms with Gasteiger partial charge >= 0.3 is 5.63 Å². The summed E-state index contributed by atoms with van der Waals surface area (Å²) in [7, 11) is 0. The summed E-state index contributed by atoms with van der Waals surface area (Å²) in [5.41, 5.74) is 4.11. The van der Waals surface area contributed by atoms with Crippen molar-refractivity contribution in [3.05, 3.63) is 95.3 Å². The van der Waals surface area contributed by atoms with Gasteiger partial charge in [-0.3, -0.25) is 0 Å². The molecule has 0 atom stereocenters. The lowest BCUT2D eigenvalue weighted by molar-refractivity contribution is 0.559. The molecule has 4 heteroatoms. The Hall–Kier alpha value is -3.66. The number of hydrogen-bond donors (Lipinski definition) is 0. The van der Waals surface area contributed by atoms with Crippen molar-refractivity contribution in [3.63, 3.8) is 0 Å². The molecule has 3 nitrogen and oxygen atoms in total. The van der Waals surface area contributed by atoms with Gasteiger partial charge in [0.05, 0.1) is 6.26 Å². The lowest BCUT2D eigenvalue weighted by atomic mass is 9.98. The molecule has 0 radical (unpaired) electrons. The van der Waals surface area contributed by atoms with E-state index in [0.717, 1.165) is 33.0 Å².